The summed E-state index contributed by atoms with van der Waals surface area (Å²) >= 11 is 0. The molecule has 7 nitrogen and oxygen atoms in total. The molecule has 0 aromatic heterocycles. The number of rotatable bonds is 11. The minimum absolute atomic E-state index is 0.00814. The molecular weight excluding hydrogens is 432 g/mol. The molecule has 0 aliphatic heterocycles. The third-order valence-corrected chi connectivity index (χ3v) is 6.42. The first-order chi connectivity index (χ1) is 16.3. The van der Waals surface area contributed by atoms with Crippen molar-refractivity contribution in [2.45, 2.75) is 64.5 Å². The molecule has 34 heavy (non-hydrogen) atoms. The zero-order chi connectivity index (χ0) is 24.7. The van der Waals surface area contributed by atoms with Crippen LogP contribution in [0.5, 0.6) is 0 Å². The highest BCUT2D eigenvalue weighted by Gasteiger charge is 2.29. The van der Waals surface area contributed by atoms with Gasteiger partial charge in [-0.3, -0.25) is 9.59 Å². The third-order valence-electron chi connectivity index (χ3n) is 6.42. The van der Waals surface area contributed by atoms with Crippen LogP contribution in [0.1, 0.15) is 63.5 Å². The van der Waals surface area contributed by atoms with Crippen LogP contribution in [0.25, 0.3) is 11.1 Å². The number of aliphatic carboxylic acids is 1. The molecule has 0 bridgehead atoms. The number of fused-ring (bicyclic) bond motifs is 3. The number of amides is 2. The van der Waals surface area contributed by atoms with E-state index in [9.17, 15) is 14.4 Å². The van der Waals surface area contributed by atoms with Crippen molar-refractivity contribution >= 4 is 18.0 Å². The Hall–Kier alpha value is -3.35. The van der Waals surface area contributed by atoms with Crippen LogP contribution in [0, 0.1) is 5.92 Å². The number of alkyl carbamates (subject to hydrolysis) is 1. The molecule has 2 unspecified atom stereocenters. The maximum absolute atomic E-state index is 12.5. The van der Waals surface area contributed by atoms with Gasteiger partial charge in [-0.2, -0.15) is 0 Å². The minimum atomic E-state index is -0.942. The Morgan fingerprint density at radius 3 is 2.09 bits per heavy atom. The van der Waals surface area contributed by atoms with Gasteiger partial charge in [-0.15, -0.1) is 0 Å². The molecule has 0 saturated heterocycles. The Morgan fingerprint density at radius 1 is 0.971 bits per heavy atom. The molecule has 182 valence electrons. The lowest BCUT2D eigenvalue weighted by Gasteiger charge is -2.22. The normalized spacial score (nSPS) is 14.1. The summed E-state index contributed by atoms with van der Waals surface area (Å²) in [5, 5.41) is 14.7. The van der Waals surface area contributed by atoms with Gasteiger partial charge in [0.1, 0.15) is 6.61 Å². The summed E-state index contributed by atoms with van der Waals surface area (Å²) in [6.45, 7) is 5.93. The van der Waals surface area contributed by atoms with Crippen molar-refractivity contribution in [3.63, 3.8) is 0 Å². The maximum Gasteiger partial charge on any atom is 0.407 e. The van der Waals surface area contributed by atoms with Crippen LogP contribution < -0.4 is 10.6 Å². The Bertz CT molecular complexity index is 974. The third kappa shape index (κ3) is 6.37. The monoisotopic (exact) mass is 466 g/mol. The molecule has 2 aromatic rings. The summed E-state index contributed by atoms with van der Waals surface area (Å²) < 4.78 is 5.60. The standard InChI is InChI=1S/C27H34N2O5/c1-4-18(13-14-25(30)29-24(17(2)3)15-26(31)32)28-27(33)34-16-23-21-11-7-5-9-19(21)20-10-6-8-12-22(20)23/h5-12,17-18,23-24H,4,13-16H2,1-3H3,(H,28,33)(H,29,30)(H,31,32). The van der Waals surface area contributed by atoms with E-state index in [1.807, 2.05) is 45.0 Å². The van der Waals surface area contributed by atoms with E-state index in [4.69, 9.17) is 9.84 Å². The van der Waals surface area contributed by atoms with E-state index in [-0.39, 0.29) is 43.2 Å². The summed E-state index contributed by atoms with van der Waals surface area (Å²) in [6.07, 6.45) is 0.689. The number of ether oxygens (including phenoxy) is 1. The maximum atomic E-state index is 12.5. The second-order valence-electron chi connectivity index (χ2n) is 9.13. The van der Waals surface area contributed by atoms with Crippen LogP contribution in [0.15, 0.2) is 48.5 Å². The molecule has 0 spiro atoms. The number of hydrogen-bond donors (Lipinski definition) is 3. The predicted molar refractivity (Wildman–Crippen MR) is 131 cm³/mol. The highest BCUT2D eigenvalue weighted by Crippen LogP contribution is 2.44. The SMILES string of the molecule is CCC(CCC(=O)NC(CC(=O)O)C(C)C)NC(=O)OCC1c2ccccc2-c2ccccc21. The van der Waals surface area contributed by atoms with Crippen molar-refractivity contribution in [1.29, 1.82) is 0 Å². The van der Waals surface area contributed by atoms with Gasteiger partial charge in [-0.25, -0.2) is 4.79 Å². The van der Waals surface area contributed by atoms with Gasteiger partial charge < -0.3 is 20.5 Å². The fourth-order valence-electron chi connectivity index (χ4n) is 4.41. The van der Waals surface area contributed by atoms with Crippen LogP contribution in [-0.2, 0) is 14.3 Å². The molecule has 2 atom stereocenters. The lowest BCUT2D eigenvalue weighted by Crippen LogP contribution is -2.41. The number of benzene rings is 2. The Balaban J connectivity index is 1.50. The molecule has 7 heteroatoms. The molecule has 0 radical (unpaired) electrons. The second kappa shape index (κ2) is 11.7. The first kappa shape index (κ1) is 25.3. The van der Waals surface area contributed by atoms with Gasteiger partial charge >= 0.3 is 12.1 Å². The average molecular weight is 467 g/mol. The number of hydrogen-bond acceptors (Lipinski definition) is 4. The van der Waals surface area contributed by atoms with Gasteiger partial charge in [0.05, 0.1) is 6.42 Å². The quantitative estimate of drug-likeness (QED) is 0.445. The molecular formula is C27H34N2O5. The molecule has 0 saturated carbocycles. The first-order valence-corrected chi connectivity index (χ1v) is 11.9. The van der Waals surface area contributed by atoms with Crippen LogP contribution in [0.4, 0.5) is 4.79 Å². The molecule has 3 N–H and O–H groups in total. The molecule has 2 amide bonds. The van der Waals surface area contributed by atoms with E-state index in [1.54, 1.807) is 0 Å². The highest BCUT2D eigenvalue weighted by molar-refractivity contribution is 5.79. The lowest BCUT2D eigenvalue weighted by molar-refractivity contribution is -0.138. The van der Waals surface area contributed by atoms with Crippen molar-refractivity contribution in [3.05, 3.63) is 59.7 Å². The number of carboxylic acid groups (broad SMARTS) is 1. The Kier molecular flexibility index (Phi) is 8.68. The van der Waals surface area contributed by atoms with Crippen LogP contribution >= 0.6 is 0 Å². The van der Waals surface area contributed by atoms with Crippen molar-refractivity contribution in [1.82, 2.24) is 10.6 Å². The lowest BCUT2D eigenvalue weighted by atomic mass is 9.98. The number of nitrogens with one attached hydrogen (secondary N) is 2. The predicted octanol–water partition coefficient (Wildman–Crippen LogP) is 4.70. The Labute approximate surface area is 200 Å². The molecule has 1 aliphatic rings. The van der Waals surface area contributed by atoms with Gasteiger partial charge in [0.15, 0.2) is 0 Å². The molecule has 1 aliphatic carbocycles. The summed E-state index contributed by atoms with van der Waals surface area (Å²) in [4.78, 5) is 35.9. The molecule has 3 rings (SSSR count). The van der Waals surface area contributed by atoms with Crippen LogP contribution in [-0.4, -0.2) is 41.8 Å². The number of carbonyl (C=O) groups is 3. The largest absolute Gasteiger partial charge is 0.481 e. The van der Waals surface area contributed by atoms with Gasteiger partial charge in [0.2, 0.25) is 5.91 Å². The van der Waals surface area contributed by atoms with Crippen molar-refractivity contribution in [3.8, 4) is 11.1 Å². The zero-order valence-corrected chi connectivity index (χ0v) is 20.0. The van der Waals surface area contributed by atoms with Crippen molar-refractivity contribution < 1.29 is 24.2 Å². The summed E-state index contributed by atoms with van der Waals surface area (Å²) in [6, 6.07) is 15.7. The van der Waals surface area contributed by atoms with E-state index in [2.05, 4.69) is 34.9 Å². The molecule has 0 heterocycles. The topological polar surface area (TPSA) is 105 Å². The highest BCUT2D eigenvalue weighted by atomic mass is 16.5. The second-order valence-corrected chi connectivity index (χ2v) is 9.13. The fraction of sp³-hybridized carbons (Fsp3) is 0.444. The zero-order valence-electron chi connectivity index (χ0n) is 20.0. The van der Waals surface area contributed by atoms with E-state index < -0.39 is 18.1 Å². The van der Waals surface area contributed by atoms with E-state index in [0.717, 1.165) is 11.1 Å². The number of carboxylic acids is 1. The van der Waals surface area contributed by atoms with E-state index in [0.29, 0.717) is 12.8 Å². The van der Waals surface area contributed by atoms with E-state index in [1.165, 1.54) is 11.1 Å². The minimum Gasteiger partial charge on any atom is -0.481 e. The van der Waals surface area contributed by atoms with Crippen LogP contribution in [0.3, 0.4) is 0 Å². The Morgan fingerprint density at radius 2 is 1.56 bits per heavy atom. The van der Waals surface area contributed by atoms with E-state index >= 15 is 0 Å². The molecule has 0 fully saturated rings. The smallest absolute Gasteiger partial charge is 0.407 e. The fourth-order valence-corrected chi connectivity index (χ4v) is 4.41. The molecule has 2 aromatic carbocycles. The summed E-state index contributed by atoms with van der Waals surface area (Å²) in [5.41, 5.74) is 4.65. The summed E-state index contributed by atoms with van der Waals surface area (Å²) in [5.74, 6) is -1.15. The van der Waals surface area contributed by atoms with Crippen molar-refractivity contribution in [2.24, 2.45) is 5.92 Å². The average Bonchev–Trinajstić information content (AvgIpc) is 3.13. The van der Waals surface area contributed by atoms with Crippen LogP contribution in [0.2, 0.25) is 0 Å². The number of carbonyl (C=O) groups excluding carboxylic acids is 2. The van der Waals surface area contributed by atoms with Crippen molar-refractivity contribution in [2.75, 3.05) is 6.61 Å². The first-order valence-electron chi connectivity index (χ1n) is 11.9. The van der Waals surface area contributed by atoms with Gasteiger partial charge in [0.25, 0.3) is 0 Å². The van der Waals surface area contributed by atoms with Gasteiger partial charge in [0, 0.05) is 24.4 Å². The van der Waals surface area contributed by atoms with Gasteiger partial charge in [-0.05, 0) is 41.0 Å². The summed E-state index contributed by atoms with van der Waals surface area (Å²) in [7, 11) is 0. The van der Waals surface area contributed by atoms with Gasteiger partial charge in [-0.1, -0.05) is 69.3 Å².